The normalized spacial score (nSPS) is 15.9. The van der Waals surface area contributed by atoms with Crippen molar-refractivity contribution in [2.24, 2.45) is 0 Å². The molecule has 0 saturated carbocycles. The van der Waals surface area contributed by atoms with Crippen molar-refractivity contribution in [3.05, 3.63) is 108 Å². The van der Waals surface area contributed by atoms with Crippen LogP contribution in [0.5, 0.6) is 0 Å². The summed E-state index contributed by atoms with van der Waals surface area (Å²) in [4.78, 5) is 29.2. The minimum absolute atomic E-state index is 0. The smallest absolute Gasteiger partial charge is 0.213 e. The van der Waals surface area contributed by atoms with E-state index in [1.807, 2.05) is 37.3 Å². The summed E-state index contributed by atoms with van der Waals surface area (Å²) in [6.45, 7) is 3.72. The molecule has 4 heterocycles. The van der Waals surface area contributed by atoms with Gasteiger partial charge in [-0.3, -0.25) is 14.8 Å². The monoisotopic (exact) mass is 436 g/mol. The second-order valence-corrected chi connectivity index (χ2v) is 8.50. The maximum Gasteiger partial charge on any atom is 0.213 e. The minimum Gasteiger partial charge on any atom is -0.356 e. The van der Waals surface area contributed by atoms with E-state index in [4.69, 9.17) is 4.98 Å². The van der Waals surface area contributed by atoms with E-state index in [0.29, 0.717) is 22.9 Å². The van der Waals surface area contributed by atoms with E-state index in [2.05, 4.69) is 45.2 Å². The van der Waals surface area contributed by atoms with E-state index in [9.17, 15) is 4.79 Å². The van der Waals surface area contributed by atoms with Crippen LogP contribution in [0.25, 0.3) is 11.1 Å². The molecule has 1 aromatic carbocycles. The minimum atomic E-state index is -0.107. The van der Waals surface area contributed by atoms with Crippen LogP contribution in [0.3, 0.4) is 0 Å². The Hall–Kier alpha value is -3.86. The summed E-state index contributed by atoms with van der Waals surface area (Å²) < 4.78 is 0. The molecule has 1 fully saturated rings. The highest BCUT2D eigenvalue weighted by atomic mass is 16.1. The summed E-state index contributed by atoms with van der Waals surface area (Å²) in [5.41, 5.74) is 4.88. The van der Waals surface area contributed by atoms with Crippen LogP contribution < -0.4 is 4.90 Å². The first kappa shape index (κ1) is 21.0. The molecule has 166 valence electrons. The summed E-state index contributed by atoms with van der Waals surface area (Å²) in [5.74, 6) is 1.23. The summed E-state index contributed by atoms with van der Waals surface area (Å²) in [7, 11) is 0. The van der Waals surface area contributed by atoms with Crippen LogP contribution in [0.2, 0.25) is 0 Å². The third kappa shape index (κ3) is 4.53. The van der Waals surface area contributed by atoms with Gasteiger partial charge in [-0.15, -0.1) is 0 Å². The maximum atomic E-state index is 13.4. The molecule has 0 N–H and O–H groups in total. The van der Waals surface area contributed by atoms with Crippen LogP contribution in [0.15, 0.2) is 85.3 Å². The number of hydrogen-bond acceptors (Lipinski definition) is 5. The van der Waals surface area contributed by atoms with Gasteiger partial charge in [0, 0.05) is 61.4 Å². The predicted octanol–water partition coefficient (Wildman–Crippen LogP) is 5.71. The highest BCUT2D eigenvalue weighted by Crippen LogP contribution is 2.29. The first-order valence-electron chi connectivity index (χ1n) is 11.4. The molecule has 1 saturated heterocycles. The van der Waals surface area contributed by atoms with Gasteiger partial charge in [-0.25, -0.2) is 4.98 Å². The van der Waals surface area contributed by atoms with E-state index in [0.717, 1.165) is 36.5 Å². The van der Waals surface area contributed by atoms with Crippen molar-refractivity contribution in [3.8, 4) is 11.1 Å². The molecule has 0 bridgehead atoms. The Morgan fingerprint density at radius 1 is 1.00 bits per heavy atom. The Bertz CT molecular complexity index is 1260. The number of piperidine rings is 1. The van der Waals surface area contributed by atoms with Crippen molar-refractivity contribution < 1.29 is 6.22 Å². The van der Waals surface area contributed by atoms with Gasteiger partial charge < -0.3 is 4.90 Å². The van der Waals surface area contributed by atoms with E-state index in [-0.39, 0.29) is 7.21 Å². The van der Waals surface area contributed by atoms with Gasteiger partial charge in [-0.2, -0.15) is 0 Å². The Kier molecular flexibility index (Phi) is 5.94. The van der Waals surface area contributed by atoms with Gasteiger partial charge in [0.05, 0.1) is 0 Å². The first-order valence-corrected chi connectivity index (χ1v) is 11.4. The number of aryl methyl sites for hydroxylation is 1. The second kappa shape index (κ2) is 9.33. The van der Waals surface area contributed by atoms with Crippen LogP contribution in [-0.4, -0.2) is 33.8 Å². The Morgan fingerprint density at radius 3 is 2.70 bits per heavy atom. The van der Waals surface area contributed by atoms with E-state index < -0.39 is 0 Å². The van der Waals surface area contributed by atoms with Gasteiger partial charge in [-0.05, 0) is 49.6 Å². The summed E-state index contributed by atoms with van der Waals surface area (Å²) in [6.07, 6.45) is 7.57. The number of rotatable bonds is 5. The van der Waals surface area contributed by atoms with Crippen molar-refractivity contribution in [1.82, 2.24) is 15.0 Å². The lowest BCUT2D eigenvalue weighted by molar-refractivity contribution is 0.103. The molecule has 1 atom stereocenters. The lowest BCUT2D eigenvalue weighted by atomic mass is 9.90. The highest BCUT2D eigenvalue weighted by molar-refractivity contribution is 6.09. The van der Waals surface area contributed by atoms with Gasteiger partial charge in [0.25, 0.3) is 0 Å². The molecule has 5 rings (SSSR count). The average molecular weight is 437 g/mol. The van der Waals surface area contributed by atoms with E-state index >= 15 is 0 Å². The zero-order valence-corrected chi connectivity index (χ0v) is 18.7. The number of anilines is 1. The van der Waals surface area contributed by atoms with Crippen molar-refractivity contribution in [2.75, 3.05) is 18.0 Å². The van der Waals surface area contributed by atoms with Crippen LogP contribution in [0.4, 0.5) is 5.82 Å². The van der Waals surface area contributed by atoms with Crippen LogP contribution in [0.1, 0.15) is 47.5 Å². The van der Waals surface area contributed by atoms with Gasteiger partial charge in [0.2, 0.25) is 5.78 Å². The van der Waals surface area contributed by atoms with Gasteiger partial charge in [-0.1, -0.05) is 42.5 Å². The molecular weight excluding hydrogens is 408 g/mol. The molecule has 0 amide bonds. The molecule has 5 nitrogen and oxygen atoms in total. The molecule has 5 heteroatoms. The molecule has 3 aromatic heterocycles. The van der Waals surface area contributed by atoms with Crippen molar-refractivity contribution in [1.29, 1.82) is 0 Å². The van der Waals surface area contributed by atoms with Crippen molar-refractivity contribution in [2.45, 2.75) is 25.7 Å². The SMILES string of the molecule is Cc1ncc(-c2cccnc2)cc1C(=O)c1cccc(N2CCCC(c3ccccc3)C2)n1.[HH]. The average Bonchev–Trinajstić information content (AvgIpc) is 2.90. The molecule has 4 aromatic rings. The Labute approximate surface area is 195 Å². The number of aromatic nitrogens is 3. The maximum absolute atomic E-state index is 13.4. The lowest BCUT2D eigenvalue weighted by Gasteiger charge is -2.34. The van der Waals surface area contributed by atoms with E-state index in [1.54, 1.807) is 24.7 Å². The topological polar surface area (TPSA) is 59.0 Å². The predicted molar refractivity (Wildman–Crippen MR) is 133 cm³/mol. The standard InChI is InChI=1S/C28H26N4O.H2/c1-20-25(16-24(18-30-20)22-10-6-14-29-17-22)28(33)26-12-5-13-27(31-26)32-15-7-11-23(19-32)21-8-3-2-4-9-21;/h2-6,8-10,12-14,16-18,23H,7,11,15,19H2,1H3;1H. The fraction of sp³-hybridized carbons (Fsp3) is 0.214. The second-order valence-electron chi connectivity index (χ2n) is 8.50. The number of benzene rings is 1. The molecule has 0 aliphatic carbocycles. The number of nitrogens with zero attached hydrogens (tertiary/aromatic N) is 4. The number of carbonyl (C=O) groups excluding carboxylic acids is 1. The number of carbonyl (C=O) groups is 1. The molecule has 33 heavy (non-hydrogen) atoms. The fourth-order valence-electron chi connectivity index (χ4n) is 4.50. The molecule has 0 spiro atoms. The highest BCUT2D eigenvalue weighted by Gasteiger charge is 2.23. The van der Waals surface area contributed by atoms with E-state index in [1.165, 1.54) is 12.0 Å². The fourth-order valence-corrected chi connectivity index (χ4v) is 4.50. The third-order valence-corrected chi connectivity index (χ3v) is 6.31. The van der Waals surface area contributed by atoms with Crippen LogP contribution in [-0.2, 0) is 0 Å². The van der Waals surface area contributed by atoms with Gasteiger partial charge in [0.15, 0.2) is 0 Å². The zero-order chi connectivity index (χ0) is 22.6. The molecule has 1 unspecified atom stereocenters. The van der Waals surface area contributed by atoms with Crippen molar-refractivity contribution in [3.63, 3.8) is 0 Å². The molecule has 0 radical (unpaired) electrons. The molecular formula is C28H28N4O. The van der Waals surface area contributed by atoms with Gasteiger partial charge in [0.1, 0.15) is 11.5 Å². The van der Waals surface area contributed by atoms with Crippen LogP contribution >= 0.6 is 0 Å². The molecule has 1 aliphatic heterocycles. The quantitative estimate of drug-likeness (QED) is 0.375. The zero-order valence-electron chi connectivity index (χ0n) is 18.7. The Morgan fingerprint density at radius 2 is 1.88 bits per heavy atom. The largest absolute Gasteiger partial charge is 0.356 e. The van der Waals surface area contributed by atoms with Crippen LogP contribution in [0, 0.1) is 6.92 Å². The summed E-state index contributed by atoms with van der Waals surface area (Å²) in [5, 5.41) is 0. The first-order chi connectivity index (χ1) is 16.2. The van der Waals surface area contributed by atoms with Crippen molar-refractivity contribution >= 4 is 11.6 Å². The third-order valence-electron chi connectivity index (χ3n) is 6.31. The Balaban J connectivity index is 0.00000274. The number of ketones is 1. The summed E-state index contributed by atoms with van der Waals surface area (Å²) in [6, 6.07) is 22.1. The van der Waals surface area contributed by atoms with Gasteiger partial charge >= 0.3 is 0 Å². The lowest BCUT2D eigenvalue weighted by Crippen LogP contribution is -2.35. The summed E-state index contributed by atoms with van der Waals surface area (Å²) >= 11 is 0. The number of pyridine rings is 3. The number of hydrogen-bond donors (Lipinski definition) is 0. The molecule has 1 aliphatic rings.